The van der Waals surface area contributed by atoms with Crippen molar-refractivity contribution in [2.75, 3.05) is 32.8 Å². The van der Waals surface area contributed by atoms with Crippen LogP contribution in [0.25, 0.3) is 0 Å². The number of carbonyl (C=O) groups excluding carboxylic acids is 1. The predicted molar refractivity (Wildman–Crippen MR) is 94.6 cm³/mol. The van der Waals surface area contributed by atoms with Crippen LogP contribution in [0.5, 0.6) is 0 Å². The highest BCUT2D eigenvalue weighted by molar-refractivity contribution is 5.79. The first-order valence-electron chi connectivity index (χ1n) is 10.4. The summed E-state index contributed by atoms with van der Waals surface area (Å²) in [6.45, 7) is 4.40. The quantitative estimate of drug-likeness (QED) is 0.863. The van der Waals surface area contributed by atoms with Crippen LogP contribution in [0.4, 0.5) is 0 Å². The summed E-state index contributed by atoms with van der Waals surface area (Å²) in [5, 5.41) is 9.95. The van der Waals surface area contributed by atoms with Gasteiger partial charge in [0.25, 0.3) is 0 Å². The van der Waals surface area contributed by atoms with Crippen molar-refractivity contribution in [1.82, 2.24) is 9.80 Å². The molecule has 2 saturated carbocycles. The van der Waals surface area contributed by atoms with E-state index < -0.39 is 0 Å². The third-order valence-corrected chi connectivity index (χ3v) is 7.68. The van der Waals surface area contributed by atoms with Crippen LogP contribution in [0.1, 0.15) is 64.2 Å². The third-order valence-electron chi connectivity index (χ3n) is 7.68. The molecular weight excluding hydrogens is 300 g/mol. The Morgan fingerprint density at radius 3 is 2.29 bits per heavy atom. The Hall–Kier alpha value is -0.610. The molecule has 24 heavy (non-hydrogen) atoms. The van der Waals surface area contributed by atoms with Gasteiger partial charge in [-0.2, -0.15) is 0 Å². The van der Waals surface area contributed by atoms with E-state index in [-0.39, 0.29) is 5.41 Å². The molecule has 1 amide bonds. The number of nitrogens with zero attached hydrogens (tertiary/aromatic N) is 2. The first-order chi connectivity index (χ1) is 11.7. The number of likely N-dealkylation sites (tertiary alicyclic amines) is 2. The summed E-state index contributed by atoms with van der Waals surface area (Å²) in [4.78, 5) is 17.6. The summed E-state index contributed by atoms with van der Waals surface area (Å²) in [6.07, 6.45) is 12.3. The van der Waals surface area contributed by atoms with Crippen molar-refractivity contribution in [2.24, 2.45) is 17.3 Å². The fourth-order valence-corrected chi connectivity index (χ4v) is 5.70. The largest absolute Gasteiger partial charge is 0.396 e. The lowest BCUT2D eigenvalue weighted by Gasteiger charge is -2.44. The summed E-state index contributed by atoms with van der Waals surface area (Å²) in [5.41, 5.74) is 0.272. The Kier molecular flexibility index (Phi) is 4.88. The summed E-state index contributed by atoms with van der Waals surface area (Å²) >= 11 is 0. The second-order valence-electron chi connectivity index (χ2n) is 8.92. The SMILES string of the molecule is O=C(C1CCCCC1)N1CCC2(CC1)CN(C1CCC1)CC2CO. The number of aliphatic hydroxyl groups is 1. The van der Waals surface area contributed by atoms with E-state index in [4.69, 9.17) is 0 Å². The van der Waals surface area contributed by atoms with E-state index >= 15 is 0 Å². The number of hydrogen-bond acceptors (Lipinski definition) is 3. The highest BCUT2D eigenvalue weighted by Gasteiger charge is 2.50. The van der Waals surface area contributed by atoms with Crippen molar-refractivity contribution in [3.05, 3.63) is 0 Å². The van der Waals surface area contributed by atoms with Crippen LogP contribution in [0.15, 0.2) is 0 Å². The number of hydrogen-bond donors (Lipinski definition) is 1. The molecule has 136 valence electrons. The fourth-order valence-electron chi connectivity index (χ4n) is 5.70. The zero-order valence-corrected chi connectivity index (χ0v) is 15.1. The smallest absolute Gasteiger partial charge is 0.225 e. The van der Waals surface area contributed by atoms with E-state index in [9.17, 15) is 9.90 Å². The van der Waals surface area contributed by atoms with Gasteiger partial charge in [0.1, 0.15) is 0 Å². The highest BCUT2D eigenvalue weighted by atomic mass is 16.3. The number of rotatable bonds is 3. The molecule has 4 rings (SSSR count). The van der Waals surface area contributed by atoms with E-state index in [0.29, 0.717) is 24.3 Å². The van der Waals surface area contributed by atoms with Crippen LogP contribution in [0.2, 0.25) is 0 Å². The molecule has 2 aliphatic carbocycles. The summed E-state index contributed by atoms with van der Waals surface area (Å²) in [5.74, 6) is 1.15. The number of piperidine rings is 1. The molecule has 4 aliphatic rings. The predicted octanol–water partition coefficient (Wildman–Crippen LogP) is 2.65. The number of carbonyl (C=O) groups is 1. The van der Waals surface area contributed by atoms with Crippen molar-refractivity contribution in [2.45, 2.75) is 70.3 Å². The third kappa shape index (κ3) is 3.01. The molecule has 4 heteroatoms. The Bertz CT molecular complexity index is 449. The van der Waals surface area contributed by atoms with Crippen molar-refractivity contribution in [1.29, 1.82) is 0 Å². The summed E-state index contributed by atoms with van der Waals surface area (Å²) in [6, 6.07) is 0.778. The lowest BCUT2D eigenvalue weighted by molar-refractivity contribution is -0.139. The van der Waals surface area contributed by atoms with Crippen molar-refractivity contribution in [3.63, 3.8) is 0 Å². The van der Waals surface area contributed by atoms with Gasteiger partial charge in [0.15, 0.2) is 0 Å². The minimum absolute atomic E-state index is 0.272. The van der Waals surface area contributed by atoms with Crippen molar-refractivity contribution >= 4 is 5.91 Å². The molecule has 1 unspecified atom stereocenters. The normalized spacial score (nSPS) is 32.2. The van der Waals surface area contributed by atoms with Gasteiger partial charge in [-0.05, 0) is 43.9 Å². The second kappa shape index (κ2) is 6.95. The molecule has 0 aromatic carbocycles. The molecule has 2 saturated heterocycles. The Morgan fingerprint density at radius 2 is 1.71 bits per heavy atom. The van der Waals surface area contributed by atoms with Crippen LogP contribution in [0, 0.1) is 17.3 Å². The topological polar surface area (TPSA) is 43.8 Å². The van der Waals surface area contributed by atoms with Gasteiger partial charge in [-0.3, -0.25) is 9.69 Å². The molecule has 1 N–H and O–H groups in total. The van der Waals surface area contributed by atoms with Gasteiger partial charge in [-0.25, -0.2) is 0 Å². The van der Waals surface area contributed by atoms with Crippen LogP contribution < -0.4 is 0 Å². The van der Waals surface area contributed by atoms with E-state index in [0.717, 1.165) is 57.9 Å². The van der Waals surface area contributed by atoms with Gasteiger partial charge in [-0.15, -0.1) is 0 Å². The van der Waals surface area contributed by atoms with Gasteiger partial charge < -0.3 is 10.0 Å². The van der Waals surface area contributed by atoms with E-state index in [1.807, 2.05) is 0 Å². The maximum Gasteiger partial charge on any atom is 0.225 e. The average molecular weight is 335 g/mol. The van der Waals surface area contributed by atoms with Gasteiger partial charge in [0.05, 0.1) is 0 Å². The van der Waals surface area contributed by atoms with E-state index in [1.54, 1.807) is 0 Å². The lowest BCUT2D eigenvalue weighted by Crippen LogP contribution is -2.49. The van der Waals surface area contributed by atoms with Gasteiger partial charge in [0, 0.05) is 50.7 Å². The highest BCUT2D eigenvalue weighted by Crippen LogP contribution is 2.47. The molecule has 4 fully saturated rings. The Labute approximate surface area is 146 Å². The second-order valence-corrected chi connectivity index (χ2v) is 8.92. The standard InChI is InChI=1S/C20H34N2O2/c23-14-17-13-22(18-7-4-8-18)15-20(17)9-11-21(12-10-20)19(24)16-5-2-1-3-6-16/h16-18,23H,1-15H2. The van der Waals surface area contributed by atoms with Gasteiger partial charge in [-0.1, -0.05) is 25.7 Å². The average Bonchev–Trinajstić information content (AvgIpc) is 2.92. The summed E-state index contributed by atoms with van der Waals surface area (Å²) < 4.78 is 0. The van der Waals surface area contributed by atoms with Crippen LogP contribution in [0.3, 0.4) is 0 Å². The fraction of sp³-hybridized carbons (Fsp3) is 0.950. The van der Waals surface area contributed by atoms with Gasteiger partial charge in [0.2, 0.25) is 5.91 Å². The minimum Gasteiger partial charge on any atom is -0.396 e. The minimum atomic E-state index is 0.272. The maximum absolute atomic E-state index is 12.8. The zero-order valence-electron chi connectivity index (χ0n) is 15.1. The van der Waals surface area contributed by atoms with E-state index in [1.165, 1.54) is 38.5 Å². The first-order valence-corrected chi connectivity index (χ1v) is 10.4. The van der Waals surface area contributed by atoms with Crippen LogP contribution >= 0.6 is 0 Å². The Morgan fingerprint density at radius 1 is 1.00 bits per heavy atom. The van der Waals surface area contributed by atoms with Crippen LogP contribution in [-0.4, -0.2) is 59.6 Å². The molecule has 0 aromatic rings. The molecule has 4 nitrogen and oxygen atoms in total. The molecule has 1 spiro atoms. The Balaban J connectivity index is 1.36. The molecule has 2 heterocycles. The molecular formula is C20H34N2O2. The molecule has 0 radical (unpaired) electrons. The molecule has 2 aliphatic heterocycles. The van der Waals surface area contributed by atoms with E-state index in [2.05, 4.69) is 9.80 Å². The van der Waals surface area contributed by atoms with Crippen molar-refractivity contribution < 1.29 is 9.90 Å². The molecule has 0 bridgehead atoms. The monoisotopic (exact) mass is 334 g/mol. The lowest BCUT2D eigenvalue weighted by atomic mass is 9.71. The maximum atomic E-state index is 12.8. The van der Waals surface area contributed by atoms with Crippen LogP contribution in [-0.2, 0) is 4.79 Å². The molecule has 0 aromatic heterocycles. The summed E-state index contributed by atoms with van der Waals surface area (Å²) in [7, 11) is 0. The number of aliphatic hydroxyl groups excluding tert-OH is 1. The first kappa shape index (κ1) is 16.8. The molecule has 1 atom stereocenters. The number of amides is 1. The van der Waals surface area contributed by atoms with Crippen molar-refractivity contribution in [3.8, 4) is 0 Å². The van der Waals surface area contributed by atoms with Gasteiger partial charge >= 0.3 is 0 Å². The zero-order chi connectivity index (χ0) is 16.6.